The van der Waals surface area contributed by atoms with Crippen LogP contribution in [0.3, 0.4) is 0 Å². The SMILES string of the molecule is COc1ccc(F)c(-c2ccc(C3COc4ccc(C(CC(=O)O)C5CC5)cc4O3)cc2)c1. The van der Waals surface area contributed by atoms with Gasteiger partial charge in [-0.2, -0.15) is 0 Å². The summed E-state index contributed by atoms with van der Waals surface area (Å²) in [5.74, 6) is 1.20. The molecule has 2 unspecified atom stereocenters. The third-order valence-electron chi connectivity index (χ3n) is 6.41. The minimum atomic E-state index is -0.785. The predicted octanol–water partition coefficient (Wildman–Crippen LogP) is 5.98. The first-order chi connectivity index (χ1) is 16.0. The van der Waals surface area contributed by atoms with Gasteiger partial charge >= 0.3 is 5.97 Å². The zero-order chi connectivity index (χ0) is 22.9. The third kappa shape index (κ3) is 4.51. The fourth-order valence-corrected chi connectivity index (χ4v) is 4.46. The molecule has 0 bridgehead atoms. The monoisotopic (exact) mass is 448 g/mol. The molecule has 5 rings (SSSR count). The first-order valence-corrected chi connectivity index (χ1v) is 11.1. The number of aliphatic carboxylic acids is 1. The van der Waals surface area contributed by atoms with Crippen LogP contribution in [0.4, 0.5) is 4.39 Å². The van der Waals surface area contributed by atoms with Gasteiger partial charge in [-0.25, -0.2) is 4.39 Å². The summed E-state index contributed by atoms with van der Waals surface area (Å²) < 4.78 is 31.7. The van der Waals surface area contributed by atoms with Crippen molar-refractivity contribution in [3.8, 4) is 28.4 Å². The molecule has 0 radical (unpaired) electrons. The number of halogens is 1. The molecule has 2 atom stereocenters. The van der Waals surface area contributed by atoms with Crippen LogP contribution < -0.4 is 14.2 Å². The van der Waals surface area contributed by atoms with Crippen molar-refractivity contribution in [3.05, 3.63) is 77.6 Å². The van der Waals surface area contributed by atoms with Crippen molar-refractivity contribution in [3.63, 3.8) is 0 Å². The Kier molecular flexibility index (Phi) is 5.67. The number of carbonyl (C=O) groups is 1. The number of ether oxygens (including phenoxy) is 3. The van der Waals surface area contributed by atoms with Crippen LogP contribution in [0.25, 0.3) is 11.1 Å². The highest BCUT2D eigenvalue weighted by Gasteiger charge is 2.34. The van der Waals surface area contributed by atoms with Crippen LogP contribution in [0.1, 0.15) is 42.4 Å². The summed E-state index contributed by atoms with van der Waals surface area (Å²) in [6.07, 6.45) is 1.94. The van der Waals surface area contributed by atoms with Gasteiger partial charge in [-0.1, -0.05) is 30.3 Å². The van der Waals surface area contributed by atoms with Crippen LogP contribution in [-0.4, -0.2) is 24.8 Å². The van der Waals surface area contributed by atoms with E-state index in [1.807, 2.05) is 42.5 Å². The van der Waals surface area contributed by atoms with E-state index in [1.165, 1.54) is 6.07 Å². The van der Waals surface area contributed by atoms with Gasteiger partial charge in [0.05, 0.1) is 13.5 Å². The van der Waals surface area contributed by atoms with Crippen LogP contribution in [-0.2, 0) is 4.79 Å². The second-order valence-electron chi connectivity index (χ2n) is 8.63. The Bertz CT molecular complexity index is 1170. The normalized spacial score (nSPS) is 17.9. The fraction of sp³-hybridized carbons (Fsp3) is 0.296. The van der Waals surface area contributed by atoms with Gasteiger partial charge in [0.15, 0.2) is 17.6 Å². The molecule has 3 aromatic carbocycles. The molecule has 1 fully saturated rings. The van der Waals surface area contributed by atoms with E-state index in [0.29, 0.717) is 35.3 Å². The Hall–Kier alpha value is -3.54. The Morgan fingerprint density at radius 2 is 1.88 bits per heavy atom. The summed E-state index contributed by atoms with van der Waals surface area (Å²) >= 11 is 0. The van der Waals surface area contributed by atoms with E-state index in [4.69, 9.17) is 14.2 Å². The molecule has 0 amide bonds. The largest absolute Gasteiger partial charge is 0.497 e. The zero-order valence-electron chi connectivity index (χ0n) is 18.3. The Morgan fingerprint density at radius 1 is 1.09 bits per heavy atom. The Morgan fingerprint density at radius 3 is 2.58 bits per heavy atom. The number of rotatable bonds is 7. The summed E-state index contributed by atoms with van der Waals surface area (Å²) in [5.41, 5.74) is 3.12. The molecule has 3 aromatic rings. The van der Waals surface area contributed by atoms with Gasteiger partial charge in [0, 0.05) is 5.56 Å². The van der Waals surface area contributed by atoms with Crippen molar-refractivity contribution >= 4 is 5.97 Å². The molecule has 1 saturated carbocycles. The van der Waals surface area contributed by atoms with E-state index in [9.17, 15) is 14.3 Å². The first kappa shape index (κ1) is 21.3. The van der Waals surface area contributed by atoms with E-state index in [1.54, 1.807) is 19.2 Å². The molecule has 0 spiro atoms. The standard InChI is InChI=1S/C27H25FO5/c1-31-20-9-10-23(28)22(13-20)17-4-6-18(7-5-17)26-15-32-24-11-8-19(12-25(24)33-26)21(14-27(29)30)16-2-3-16/h4-13,16,21,26H,2-3,14-15H2,1H3,(H,29,30). The van der Waals surface area contributed by atoms with E-state index in [2.05, 4.69) is 0 Å². The molecule has 170 valence electrons. The van der Waals surface area contributed by atoms with Crippen LogP contribution in [0.15, 0.2) is 60.7 Å². The van der Waals surface area contributed by atoms with Gasteiger partial charge in [0.25, 0.3) is 0 Å². The lowest BCUT2D eigenvalue weighted by Crippen LogP contribution is -2.22. The lowest BCUT2D eigenvalue weighted by atomic mass is 9.90. The molecule has 2 aliphatic rings. The summed E-state index contributed by atoms with van der Waals surface area (Å²) in [5, 5.41) is 9.32. The minimum absolute atomic E-state index is 0.00572. The maximum Gasteiger partial charge on any atom is 0.303 e. The maximum atomic E-state index is 14.3. The Balaban J connectivity index is 1.36. The van der Waals surface area contributed by atoms with Crippen molar-refractivity contribution in [2.75, 3.05) is 13.7 Å². The quantitative estimate of drug-likeness (QED) is 0.482. The summed E-state index contributed by atoms with van der Waals surface area (Å²) in [6, 6.07) is 18.0. The van der Waals surface area contributed by atoms with Crippen molar-refractivity contribution in [2.45, 2.75) is 31.3 Å². The summed E-state index contributed by atoms with van der Waals surface area (Å²) in [7, 11) is 1.55. The van der Waals surface area contributed by atoms with E-state index < -0.39 is 5.97 Å². The molecule has 1 N–H and O–H groups in total. The highest BCUT2D eigenvalue weighted by molar-refractivity contribution is 5.68. The smallest absolute Gasteiger partial charge is 0.303 e. The molecule has 6 heteroatoms. The van der Waals surface area contributed by atoms with Crippen molar-refractivity contribution in [1.29, 1.82) is 0 Å². The van der Waals surface area contributed by atoms with Crippen LogP contribution in [0.5, 0.6) is 17.2 Å². The average molecular weight is 448 g/mol. The molecule has 5 nitrogen and oxygen atoms in total. The van der Waals surface area contributed by atoms with Crippen molar-refractivity contribution in [1.82, 2.24) is 0 Å². The highest BCUT2D eigenvalue weighted by atomic mass is 19.1. The number of benzene rings is 3. The number of hydrogen-bond acceptors (Lipinski definition) is 4. The maximum absolute atomic E-state index is 14.3. The van der Waals surface area contributed by atoms with Crippen molar-refractivity contribution in [2.24, 2.45) is 5.92 Å². The lowest BCUT2D eigenvalue weighted by molar-refractivity contribution is -0.137. The first-order valence-electron chi connectivity index (χ1n) is 11.1. The predicted molar refractivity (Wildman–Crippen MR) is 121 cm³/mol. The van der Waals surface area contributed by atoms with Gasteiger partial charge in [-0.3, -0.25) is 4.79 Å². The highest BCUT2D eigenvalue weighted by Crippen LogP contribution is 2.47. The summed E-state index contributed by atoms with van der Waals surface area (Å²) in [4.78, 5) is 11.3. The third-order valence-corrected chi connectivity index (χ3v) is 6.41. The van der Waals surface area contributed by atoms with Gasteiger partial charge in [-0.15, -0.1) is 0 Å². The van der Waals surface area contributed by atoms with E-state index in [0.717, 1.165) is 29.5 Å². The van der Waals surface area contributed by atoms with Gasteiger partial charge in [0.1, 0.15) is 18.2 Å². The van der Waals surface area contributed by atoms with E-state index >= 15 is 0 Å². The van der Waals surface area contributed by atoms with Gasteiger partial charge in [0.2, 0.25) is 0 Å². The van der Waals surface area contributed by atoms with Gasteiger partial charge in [-0.05, 0) is 71.7 Å². The second kappa shape index (κ2) is 8.77. The van der Waals surface area contributed by atoms with Gasteiger partial charge < -0.3 is 19.3 Å². The number of fused-ring (bicyclic) bond motifs is 1. The Labute approximate surface area is 191 Å². The molecule has 1 aliphatic heterocycles. The molecular weight excluding hydrogens is 423 g/mol. The average Bonchev–Trinajstić information content (AvgIpc) is 3.68. The minimum Gasteiger partial charge on any atom is -0.497 e. The molecular formula is C27H25FO5. The zero-order valence-corrected chi connectivity index (χ0v) is 18.3. The number of carboxylic acid groups (broad SMARTS) is 1. The molecule has 0 saturated heterocycles. The second-order valence-corrected chi connectivity index (χ2v) is 8.63. The van der Waals surface area contributed by atoms with Crippen LogP contribution in [0.2, 0.25) is 0 Å². The van der Waals surface area contributed by atoms with E-state index in [-0.39, 0.29) is 24.3 Å². The molecule has 33 heavy (non-hydrogen) atoms. The van der Waals surface area contributed by atoms with Crippen molar-refractivity contribution < 1.29 is 28.5 Å². The number of methoxy groups -OCH3 is 1. The van der Waals surface area contributed by atoms with Crippen LogP contribution in [0, 0.1) is 11.7 Å². The van der Waals surface area contributed by atoms with Crippen LogP contribution >= 0.6 is 0 Å². The number of carboxylic acids is 1. The number of hydrogen-bond donors (Lipinski definition) is 1. The fourth-order valence-electron chi connectivity index (χ4n) is 4.46. The lowest BCUT2D eigenvalue weighted by Gasteiger charge is -2.28. The molecule has 1 heterocycles. The topological polar surface area (TPSA) is 65.0 Å². The molecule has 1 aliphatic carbocycles. The molecule has 0 aromatic heterocycles. The summed E-state index contributed by atoms with van der Waals surface area (Å²) in [6.45, 7) is 0.362.